The Labute approximate surface area is 84.7 Å². The Hall–Kier alpha value is -1.59. The highest BCUT2D eigenvalue weighted by Gasteiger charge is 2.09. The molecule has 2 heteroatoms. The first-order chi connectivity index (χ1) is 6.69. The standard InChI is InChI=1S/C12H14N2/c1-3-4-12(14)11-6-5-9(2)7-10(11)8-13/h3,5-7,12H,1,4,14H2,2H3/t12-/m1/s1. The number of hydrogen-bond acceptors (Lipinski definition) is 2. The van der Waals surface area contributed by atoms with Gasteiger partial charge in [0.15, 0.2) is 0 Å². The summed E-state index contributed by atoms with van der Waals surface area (Å²) < 4.78 is 0. The molecule has 1 aromatic rings. The van der Waals surface area contributed by atoms with Crippen LogP contribution in [0.15, 0.2) is 30.9 Å². The van der Waals surface area contributed by atoms with Gasteiger partial charge in [0, 0.05) is 6.04 Å². The van der Waals surface area contributed by atoms with Gasteiger partial charge in [-0.25, -0.2) is 0 Å². The van der Waals surface area contributed by atoms with E-state index in [0.717, 1.165) is 11.1 Å². The third-order valence-corrected chi connectivity index (χ3v) is 2.15. The normalized spacial score (nSPS) is 11.8. The maximum atomic E-state index is 8.93. The molecule has 2 N–H and O–H groups in total. The Bertz CT molecular complexity index is 374. The molecule has 1 rings (SSSR count). The minimum Gasteiger partial charge on any atom is -0.324 e. The van der Waals surface area contributed by atoms with Crippen molar-refractivity contribution < 1.29 is 0 Å². The summed E-state index contributed by atoms with van der Waals surface area (Å²) in [5.41, 5.74) is 8.56. The Morgan fingerprint density at radius 1 is 1.64 bits per heavy atom. The smallest absolute Gasteiger partial charge is 0.0995 e. The van der Waals surface area contributed by atoms with Crippen LogP contribution in [0.1, 0.15) is 29.2 Å². The van der Waals surface area contributed by atoms with Gasteiger partial charge in [0.25, 0.3) is 0 Å². The van der Waals surface area contributed by atoms with Crippen molar-refractivity contribution in [3.8, 4) is 6.07 Å². The molecular weight excluding hydrogens is 172 g/mol. The van der Waals surface area contributed by atoms with Crippen molar-refractivity contribution in [3.63, 3.8) is 0 Å². The van der Waals surface area contributed by atoms with Gasteiger partial charge in [-0.1, -0.05) is 18.2 Å². The first-order valence-corrected chi connectivity index (χ1v) is 4.56. The summed E-state index contributed by atoms with van der Waals surface area (Å²) in [5, 5.41) is 8.93. The van der Waals surface area contributed by atoms with Crippen molar-refractivity contribution in [1.29, 1.82) is 5.26 Å². The second-order valence-electron chi connectivity index (χ2n) is 3.33. The Kier molecular flexibility index (Phi) is 3.44. The number of rotatable bonds is 3. The lowest BCUT2D eigenvalue weighted by molar-refractivity contribution is 0.739. The summed E-state index contributed by atoms with van der Waals surface area (Å²) in [6.45, 7) is 5.60. The number of nitriles is 1. The molecule has 0 heterocycles. The molecule has 0 aliphatic carbocycles. The van der Waals surface area contributed by atoms with E-state index >= 15 is 0 Å². The minimum absolute atomic E-state index is 0.122. The third-order valence-electron chi connectivity index (χ3n) is 2.15. The van der Waals surface area contributed by atoms with Crippen LogP contribution >= 0.6 is 0 Å². The van der Waals surface area contributed by atoms with E-state index in [4.69, 9.17) is 11.0 Å². The van der Waals surface area contributed by atoms with E-state index in [9.17, 15) is 0 Å². The fourth-order valence-corrected chi connectivity index (χ4v) is 1.40. The molecule has 0 radical (unpaired) electrons. The lowest BCUT2D eigenvalue weighted by atomic mass is 9.97. The summed E-state index contributed by atoms with van der Waals surface area (Å²) in [7, 11) is 0. The maximum absolute atomic E-state index is 8.93. The molecule has 0 fully saturated rings. The molecule has 1 aromatic carbocycles. The van der Waals surface area contributed by atoms with Gasteiger partial charge in [0.1, 0.15) is 0 Å². The molecule has 0 aromatic heterocycles. The molecule has 0 amide bonds. The summed E-state index contributed by atoms with van der Waals surface area (Å²) >= 11 is 0. The summed E-state index contributed by atoms with van der Waals surface area (Å²) in [6, 6.07) is 7.79. The zero-order valence-electron chi connectivity index (χ0n) is 8.33. The highest BCUT2D eigenvalue weighted by atomic mass is 14.6. The van der Waals surface area contributed by atoms with Gasteiger partial charge in [-0.3, -0.25) is 0 Å². The van der Waals surface area contributed by atoms with Gasteiger partial charge >= 0.3 is 0 Å². The van der Waals surface area contributed by atoms with Crippen LogP contribution in [0.5, 0.6) is 0 Å². The lowest BCUT2D eigenvalue weighted by Crippen LogP contribution is -2.10. The SMILES string of the molecule is C=CC[C@@H](N)c1ccc(C)cc1C#N. The van der Waals surface area contributed by atoms with Gasteiger partial charge in [-0.05, 0) is 30.5 Å². The van der Waals surface area contributed by atoms with Crippen LogP contribution in [-0.2, 0) is 0 Å². The summed E-state index contributed by atoms with van der Waals surface area (Å²) in [6.07, 6.45) is 2.46. The second-order valence-corrected chi connectivity index (χ2v) is 3.33. The molecule has 72 valence electrons. The molecule has 0 aliphatic rings. The van der Waals surface area contributed by atoms with Crippen molar-refractivity contribution >= 4 is 0 Å². The van der Waals surface area contributed by atoms with E-state index in [2.05, 4.69) is 12.6 Å². The van der Waals surface area contributed by atoms with Crippen LogP contribution in [0.4, 0.5) is 0 Å². The maximum Gasteiger partial charge on any atom is 0.0995 e. The molecule has 0 unspecified atom stereocenters. The van der Waals surface area contributed by atoms with Crippen LogP contribution in [0.3, 0.4) is 0 Å². The van der Waals surface area contributed by atoms with Gasteiger partial charge in [0.05, 0.1) is 11.6 Å². The van der Waals surface area contributed by atoms with E-state index in [1.54, 1.807) is 6.08 Å². The minimum atomic E-state index is -0.122. The van der Waals surface area contributed by atoms with Gasteiger partial charge in [-0.15, -0.1) is 6.58 Å². The van der Waals surface area contributed by atoms with Crippen molar-refractivity contribution in [1.82, 2.24) is 0 Å². The number of nitrogens with zero attached hydrogens (tertiary/aromatic N) is 1. The van der Waals surface area contributed by atoms with E-state index in [0.29, 0.717) is 12.0 Å². The van der Waals surface area contributed by atoms with Crippen molar-refractivity contribution in [2.45, 2.75) is 19.4 Å². The van der Waals surface area contributed by atoms with Crippen LogP contribution in [0.25, 0.3) is 0 Å². The molecule has 0 aliphatic heterocycles. The van der Waals surface area contributed by atoms with Crippen LogP contribution in [-0.4, -0.2) is 0 Å². The highest BCUT2D eigenvalue weighted by Crippen LogP contribution is 2.19. The van der Waals surface area contributed by atoms with Crippen molar-refractivity contribution in [3.05, 3.63) is 47.5 Å². The number of nitrogens with two attached hydrogens (primary N) is 1. The average Bonchev–Trinajstić information content (AvgIpc) is 2.17. The van der Waals surface area contributed by atoms with E-state index in [1.165, 1.54) is 0 Å². The molecule has 1 atom stereocenters. The Morgan fingerprint density at radius 2 is 2.36 bits per heavy atom. The van der Waals surface area contributed by atoms with Gasteiger partial charge < -0.3 is 5.73 Å². The first-order valence-electron chi connectivity index (χ1n) is 4.56. The second kappa shape index (κ2) is 4.59. The molecule has 2 nitrogen and oxygen atoms in total. The van der Waals surface area contributed by atoms with E-state index in [-0.39, 0.29) is 6.04 Å². The number of benzene rings is 1. The quantitative estimate of drug-likeness (QED) is 0.737. The molecule has 0 saturated carbocycles. The Balaban J connectivity index is 3.08. The third kappa shape index (κ3) is 2.21. The average molecular weight is 186 g/mol. The van der Waals surface area contributed by atoms with Crippen molar-refractivity contribution in [2.75, 3.05) is 0 Å². The Morgan fingerprint density at radius 3 is 2.93 bits per heavy atom. The zero-order chi connectivity index (χ0) is 10.6. The summed E-state index contributed by atoms with van der Waals surface area (Å²) in [5.74, 6) is 0. The van der Waals surface area contributed by atoms with E-state index in [1.807, 2.05) is 25.1 Å². The van der Waals surface area contributed by atoms with Gasteiger partial charge in [-0.2, -0.15) is 5.26 Å². The lowest BCUT2D eigenvalue weighted by Gasteiger charge is -2.11. The first kappa shape index (κ1) is 10.5. The summed E-state index contributed by atoms with van der Waals surface area (Å²) in [4.78, 5) is 0. The van der Waals surface area contributed by atoms with Crippen molar-refractivity contribution in [2.24, 2.45) is 5.73 Å². The number of hydrogen-bond donors (Lipinski definition) is 1. The monoisotopic (exact) mass is 186 g/mol. The molecule has 0 bridgehead atoms. The largest absolute Gasteiger partial charge is 0.324 e. The topological polar surface area (TPSA) is 49.8 Å². The van der Waals surface area contributed by atoms with Crippen LogP contribution < -0.4 is 5.73 Å². The van der Waals surface area contributed by atoms with Gasteiger partial charge in [0.2, 0.25) is 0 Å². The predicted molar refractivity (Wildman–Crippen MR) is 57.6 cm³/mol. The predicted octanol–water partition coefficient (Wildman–Crippen LogP) is 2.44. The van der Waals surface area contributed by atoms with Crippen LogP contribution in [0, 0.1) is 18.3 Å². The number of aryl methyl sites for hydroxylation is 1. The highest BCUT2D eigenvalue weighted by molar-refractivity contribution is 5.42. The molecule has 0 saturated heterocycles. The fraction of sp³-hybridized carbons (Fsp3) is 0.250. The fourth-order valence-electron chi connectivity index (χ4n) is 1.40. The zero-order valence-corrected chi connectivity index (χ0v) is 8.33. The molecule has 14 heavy (non-hydrogen) atoms. The molecule has 0 spiro atoms. The van der Waals surface area contributed by atoms with E-state index < -0.39 is 0 Å². The van der Waals surface area contributed by atoms with Crippen LogP contribution in [0.2, 0.25) is 0 Å². The molecular formula is C12H14N2.